The van der Waals surface area contributed by atoms with Crippen molar-refractivity contribution < 1.29 is 13.2 Å². The molecule has 0 bridgehead atoms. The van der Waals surface area contributed by atoms with E-state index in [9.17, 15) is 8.42 Å². The van der Waals surface area contributed by atoms with Crippen LogP contribution < -0.4 is 5.73 Å². The molecule has 0 amide bonds. The van der Waals surface area contributed by atoms with Crippen molar-refractivity contribution in [3.63, 3.8) is 0 Å². The highest BCUT2D eigenvalue weighted by molar-refractivity contribution is 7.89. The zero-order chi connectivity index (χ0) is 15.5. The molecule has 1 aromatic rings. The van der Waals surface area contributed by atoms with E-state index in [0.717, 1.165) is 5.56 Å². The third-order valence-corrected chi connectivity index (χ3v) is 5.65. The molecule has 0 spiro atoms. The molecule has 7 heteroatoms. The van der Waals surface area contributed by atoms with Crippen LogP contribution in [-0.4, -0.2) is 39.5 Å². The summed E-state index contributed by atoms with van der Waals surface area (Å²) < 4.78 is 31.6. The van der Waals surface area contributed by atoms with E-state index in [-0.39, 0.29) is 17.5 Å². The predicted octanol–water partition coefficient (Wildman–Crippen LogP) is 1.76. The molecular formula is C13H21ClN2O3S. The van der Waals surface area contributed by atoms with Crippen LogP contribution in [0.25, 0.3) is 0 Å². The molecule has 0 heterocycles. The summed E-state index contributed by atoms with van der Waals surface area (Å²) >= 11 is 5.99. The molecule has 1 unspecified atom stereocenters. The third kappa shape index (κ3) is 3.51. The zero-order valence-electron chi connectivity index (χ0n) is 12.2. The second-order valence-corrected chi connectivity index (χ2v) is 7.12. The highest BCUT2D eigenvalue weighted by atomic mass is 35.5. The number of nitrogens with zero attached hydrogens (tertiary/aromatic N) is 1. The lowest BCUT2D eigenvalue weighted by Crippen LogP contribution is -2.38. The highest BCUT2D eigenvalue weighted by Gasteiger charge is 2.28. The van der Waals surface area contributed by atoms with Crippen LogP contribution >= 0.6 is 11.6 Å². The molecule has 1 aromatic carbocycles. The molecule has 20 heavy (non-hydrogen) atoms. The maximum atomic E-state index is 12.7. The number of ether oxygens (including phenoxy) is 1. The summed E-state index contributed by atoms with van der Waals surface area (Å²) in [7, 11) is -0.568. The minimum atomic E-state index is -3.63. The highest BCUT2D eigenvalue weighted by Crippen LogP contribution is 2.27. The van der Waals surface area contributed by atoms with E-state index in [4.69, 9.17) is 22.1 Å². The Morgan fingerprint density at radius 3 is 2.55 bits per heavy atom. The summed E-state index contributed by atoms with van der Waals surface area (Å²) in [5.74, 6) is 0. The first-order valence-corrected chi connectivity index (χ1v) is 8.03. The number of rotatable bonds is 6. The van der Waals surface area contributed by atoms with Crippen molar-refractivity contribution in [1.82, 2.24) is 4.31 Å². The van der Waals surface area contributed by atoms with Crippen LogP contribution in [0.2, 0.25) is 5.02 Å². The molecule has 0 saturated heterocycles. The minimum absolute atomic E-state index is 0.191. The van der Waals surface area contributed by atoms with Crippen LogP contribution in [0.3, 0.4) is 0 Å². The lowest BCUT2D eigenvalue weighted by atomic mass is 10.1. The summed E-state index contributed by atoms with van der Waals surface area (Å²) in [4.78, 5) is 0.191. The van der Waals surface area contributed by atoms with Gasteiger partial charge in [-0.3, -0.25) is 0 Å². The quantitative estimate of drug-likeness (QED) is 0.867. The first-order valence-electron chi connectivity index (χ1n) is 6.21. The second kappa shape index (κ2) is 6.87. The van der Waals surface area contributed by atoms with Gasteiger partial charge in [0.25, 0.3) is 0 Å². The molecule has 0 aliphatic carbocycles. The minimum Gasteiger partial charge on any atom is -0.383 e. The normalized spacial score (nSPS) is 13.8. The number of hydrogen-bond donors (Lipinski definition) is 1. The van der Waals surface area contributed by atoms with Gasteiger partial charge in [0.2, 0.25) is 10.0 Å². The molecule has 0 aliphatic rings. The smallest absolute Gasteiger partial charge is 0.243 e. The molecular weight excluding hydrogens is 300 g/mol. The lowest BCUT2D eigenvalue weighted by molar-refractivity contribution is 0.149. The molecule has 0 fully saturated rings. The average Bonchev–Trinajstić information content (AvgIpc) is 2.40. The molecule has 5 nitrogen and oxygen atoms in total. The van der Waals surface area contributed by atoms with Crippen molar-refractivity contribution in [3.8, 4) is 0 Å². The Balaban J connectivity index is 3.32. The molecule has 0 aromatic heterocycles. The van der Waals surface area contributed by atoms with Crippen LogP contribution in [0.5, 0.6) is 0 Å². The van der Waals surface area contributed by atoms with Crippen molar-refractivity contribution in [2.75, 3.05) is 20.8 Å². The fourth-order valence-electron chi connectivity index (χ4n) is 1.93. The molecule has 0 radical (unpaired) electrons. The van der Waals surface area contributed by atoms with Crippen molar-refractivity contribution in [1.29, 1.82) is 0 Å². The lowest BCUT2D eigenvalue weighted by Gasteiger charge is -2.25. The van der Waals surface area contributed by atoms with Crippen LogP contribution in [-0.2, 0) is 21.3 Å². The van der Waals surface area contributed by atoms with E-state index in [1.54, 1.807) is 19.9 Å². The van der Waals surface area contributed by atoms with Crippen LogP contribution in [0, 0.1) is 6.92 Å². The van der Waals surface area contributed by atoms with E-state index < -0.39 is 10.0 Å². The van der Waals surface area contributed by atoms with Gasteiger partial charge in [-0.15, -0.1) is 0 Å². The van der Waals surface area contributed by atoms with Gasteiger partial charge in [-0.1, -0.05) is 11.6 Å². The Kier molecular flexibility index (Phi) is 5.97. The monoisotopic (exact) mass is 320 g/mol. The molecule has 114 valence electrons. The van der Waals surface area contributed by atoms with Gasteiger partial charge in [0.05, 0.1) is 11.5 Å². The first-order chi connectivity index (χ1) is 9.25. The van der Waals surface area contributed by atoms with Gasteiger partial charge >= 0.3 is 0 Å². The van der Waals surface area contributed by atoms with Crippen LogP contribution in [0.4, 0.5) is 0 Å². The van der Waals surface area contributed by atoms with Crippen molar-refractivity contribution >= 4 is 21.6 Å². The van der Waals surface area contributed by atoms with E-state index in [1.807, 2.05) is 0 Å². The third-order valence-electron chi connectivity index (χ3n) is 3.34. The Morgan fingerprint density at radius 2 is 2.05 bits per heavy atom. The van der Waals surface area contributed by atoms with Crippen LogP contribution in [0.1, 0.15) is 18.1 Å². The fraction of sp³-hybridized carbons (Fsp3) is 0.538. The van der Waals surface area contributed by atoms with Crippen molar-refractivity contribution in [3.05, 3.63) is 28.3 Å². The maximum absolute atomic E-state index is 12.7. The summed E-state index contributed by atoms with van der Waals surface area (Å²) in [6.07, 6.45) is 0. The number of halogens is 1. The number of hydrogen-bond acceptors (Lipinski definition) is 4. The number of nitrogens with two attached hydrogens (primary N) is 1. The molecule has 0 aliphatic heterocycles. The Labute approximate surface area is 125 Å². The zero-order valence-corrected chi connectivity index (χ0v) is 13.8. The maximum Gasteiger partial charge on any atom is 0.243 e. The number of methoxy groups -OCH3 is 1. The molecule has 1 rings (SSSR count). The van der Waals surface area contributed by atoms with Gasteiger partial charge < -0.3 is 10.5 Å². The standard InChI is InChI=1S/C13H21ClN2O3S/c1-9(8-19-4)16(3)20(17,18)13-6-12(14)5-11(7-15)10(13)2/h5-6,9H,7-8,15H2,1-4H3. The van der Waals surface area contributed by atoms with Gasteiger partial charge in [-0.2, -0.15) is 4.31 Å². The summed E-state index contributed by atoms with van der Waals surface area (Å²) in [5, 5.41) is 0.363. The first kappa shape index (κ1) is 17.4. The van der Waals surface area contributed by atoms with E-state index in [1.165, 1.54) is 24.5 Å². The molecule has 1 atom stereocenters. The predicted molar refractivity (Wildman–Crippen MR) is 80.4 cm³/mol. The van der Waals surface area contributed by atoms with Gasteiger partial charge in [-0.25, -0.2) is 8.42 Å². The van der Waals surface area contributed by atoms with Crippen molar-refractivity contribution in [2.45, 2.75) is 31.3 Å². The molecule has 0 saturated carbocycles. The van der Waals surface area contributed by atoms with E-state index in [0.29, 0.717) is 17.2 Å². The van der Waals surface area contributed by atoms with E-state index in [2.05, 4.69) is 0 Å². The average molecular weight is 321 g/mol. The van der Waals surface area contributed by atoms with Crippen LogP contribution in [0.15, 0.2) is 17.0 Å². The van der Waals surface area contributed by atoms with E-state index >= 15 is 0 Å². The van der Waals surface area contributed by atoms with Crippen molar-refractivity contribution in [2.24, 2.45) is 5.73 Å². The second-order valence-electron chi connectivity index (χ2n) is 4.72. The van der Waals surface area contributed by atoms with Gasteiger partial charge in [0.15, 0.2) is 0 Å². The molecule has 2 N–H and O–H groups in total. The summed E-state index contributed by atoms with van der Waals surface area (Å²) in [6.45, 7) is 4.08. The SMILES string of the molecule is COCC(C)N(C)S(=O)(=O)c1cc(Cl)cc(CN)c1C. The van der Waals surface area contributed by atoms with Gasteiger partial charge in [0, 0.05) is 31.8 Å². The Morgan fingerprint density at radius 1 is 1.45 bits per heavy atom. The number of benzene rings is 1. The largest absolute Gasteiger partial charge is 0.383 e. The number of likely N-dealkylation sites (N-methyl/N-ethyl adjacent to an activating group) is 1. The Bertz CT molecular complexity index is 575. The van der Waals surface area contributed by atoms with Gasteiger partial charge in [0.1, 0.15) is 0 Å². The number of sulfonamides is 1. The van der Waals surface area contributed by atoms with Gasteiger partial charge in [-0.05, 0) is 37.1 Å². The summed E-state index contributed by atoms with van der Waals surface area (Å²) in [5.41, 5.74) is 6.99. The summed E-state index contributed by atoms with van der Waals surface area (Å²) in [6, 6.07) is 2.88. The fourth-order valence-corrected chi connectivity index (χ4v) is 3.87. The Hall–Kier alpha value is -0.660. The topological polar surface area (TPSA) is 72.6 Å².